The van der Waals surface area contributed by atoms with Crippen LogP contribution >= 0.6 is 27.7 Å². The first-order valence-corrected chi connectivity index (χ1v) is 8.51. The Bertz CT molecular complexity index is 552. The van der Waals surface area contributed by atoms with E-state index in [0.29, 0.717) is 5.92 Å². The molecule has 20 heavy (non-hydrogen) atoms. The highest BCUT2D eigenvalue weighted by Gasteiger charge is 2.21. The Morgan fingerprint density at radius 1 is 1.25 bits per heavy atom. The number of hydrogen-bond acceptors (Lipinski definition) is 5. The van der Waals surface area contributed by atoms with E-state index in [2.05, 4.69) is 43.5 Å². The van der Waals surface area contributed by atoms with Gasteiger partial charge in [0.25, 0.3) is 0 Å². The third kappa shape index (κ3) is 3.62. The van der Waals surface area contributed by atoms with Gasteiger partial charge in [-0.25, -0.2) is 0 Å². The molecule has 0 radical (unpaired) electrons. The molecule has 0 saturated carbocycles. The van der Waals surface area contributed by atoms with Crippen molar-refractivity contribution in [3.63, 3.8) is 0 Å². The molecule has 0 amide bonds. The van der Waals surface area contributed by atoms with Crippen LogP contribution < -0.4 is 5.32 Å². The molecule has 6 heteroatoms. The number of nitrogens with one attached hydrogen (secondary N) is 1. The van der Waals surface area contributed by atoms with Gasteiger partial charge in [-0.15, -0.1) is 11.8 Å². The quantitative estimate of drug-likeness (QED) is 0.851. The first kappa shape index (κ1) is 14.1. The van der Waals surface area contributed by atoms with Crippen LogP contribution in [0.25, 0.3) is 0 Å². The summed E-state index contributed by atoms with van der Waals surface area (Å²) in [6.45, 7) is 2.08. The lowest BCUT2D eigenvalue weighted by atomic mass is 9.98. The predicted octanol–water partition coefficient (Wildman–Crippen LogP) is 3.59. The maximum atomic E-state index is 5.40. The summed E-state index contributed by atoms with van der Waals surface area (Å²) in [5.41, 5.74) is 0. The predicted molar refractivity (Wildman–Crippen MR) is 82.8 cm³/mol. The largest absolute Gasteiger partial charge is 0.339 e. The molecule has 0 bridgehead atoms. The van der Waals surface area contributed by atoms with E-state index < -0.39 is 0 Å². The van der Waals surface area contributed by atoms with Gasteiger partial charge in [0.15, 0.2) is 5.82 Å². The fraction of sp³-hybridized carbons (Fsp3) is 0.429. The number of rotatable bonds is 4. The molecule has 1 aromatic heterocycles. The Labute approximate surface area is 130 Å². The number of benzene rings is 1. The van der Waals surface area contributed by atoms with Gasteiger partial charge in [0, 0.05) is 15.3 Å². The lowest BCUT2D eigenvalue weighted by Gasteiger charge is -2.18. The Kier molecular flexibility index (Phi) is 4.75. The summed E-state index contributed by atoms with van der Waals surface area (Å²) in [5, 5.41) is 7.43. The number of nitrogens with zero attached hydrogens (tertiary/aromatic N) is 2. The van der Waals surface area contributed by atoms with E-state index in [1.807, 2.05) is 12.1 Å². The van der Waals surface area contributed by atoms with Crippen molar-refractivity contribution >= 4 is 27.7 Å². The summed E-state index contributed by atoms with van der Waals surface area (Å²) in [6, 6.07) is 8.25. The molecule has 1 aromatic carbocycles. The smallest absolute Gasteiger partial charge is 0.229 e. The van der Waals surface area contributed by atoms with E-state index in [9.17, 15) is 0 Å². The lowest BCUT2D eigenvalue weighted by molar-refractivity contribution is 0.319. The number of halogens is 1. The van der Waals surface area contributed by atoms with Gasteiger partial charge in [-0.2, -0.15) is 4.98 Å². The molecule has 1 aliphatic rings. The minimum atomic E-state index is 0.426. The topological polar surface area (TPSA) is 51.0 Å². The zero-order valence-electron chi connectivity index (χ0n) is 11.0. The van der Waals surface area contributed by atoms with E-state index in [1.54, 1.807) is 11.8 Å². The third-order valence-corrected chi connectivity index (χ3v) is 4.89. The van der Waals surface area contributed by atoms with Crippen LogP contribution in [0.5, 0.6) is 0 Å². The van der Waals surface area contributed by atoms with Crippen molar-refractivity contribution in [3.05, 3.63) is 40.5 Å². The van der Waals surface area contributed by atoms with Crippen molar-refractivity contribution in [1.29, 1.82) is 0 Å². The fourth-order valence-corrected chi connectivity index (χ4v) is 3.25. The Morgan fingerprint density at radius 3 is 2.75 bits per heavy atom. The summed E-state index contributed by atoms with van der Waals surface area (Å²) in [4.78, 5) is 5.74. The van der Waals surface area contributed by atoms with E-state index in [-0.39, 0.29) is 0 Å². The van der Waals surface area contributed by atoms with Crippen LogP contribution in [0.15, 0.2) is 38.2 Å². The van der Waals surface area contributed by atoms with Crippen LogP contribution in [0.2, 0.25) is 0 Å². The molecule has 106 valence electrons. The first-order chi connectivity index (χ1) is 9.81. The van der Waals surface area contributed by atoms with Gasteiger partial charge in [-0.1, -0.05) is 21.1 Å². The average Bonchev–Trinajstić information content (AvgIpc) is 2.97. The van der Waals surface area contributed by atoms with E-state index in [1.165, 1.54) is 4.90 Å². The molecule has 1 N–H and O–H groups in total. The molecule has 2 aromatic rings. The highest BCUT2D eigenvalue weighted by molar-refractivity contribution is 9.10. The minimum Gasteiger partial charge on any atom is -0.339 e. The van der Waals surface area contributed by atoms with Crippen LogP contribution in [0.4, 0.5) is 0 Å². The summed E-state index contributed by atoms with van der Waals surface area (Å²) >= 11 is 5.16. The average molecular weight is 354 g/mol. The maximum absolute atomic E-state index is 5.40. The molecular formula is C14H16BrN3OS. The molecule has 1 aliphatic heterocycles. The van der Waals surface area contributed by atoms with Crippen LogP contribution in [0, 0.1) is 0 Å². The SMILES string of the molecule is Brc1ccc(SCc2noc(C3CCNCC3)n2)cc1. The molecule has 0 spiro atoms. The zero-order valence-corrected chi connectivity index (χ0v) is 13.4. The molecule has 3 rings (SSSR count). The van der Waals surface area contributed by atoms with Gasteiger partial charge >= 0.3 is 0 Å². The number of piperidine rings is 1. The Balaban J connectivity index is 1.58. The summed E-state index contributed by atoms with van der Waals surface area (Å²) < 4.78 is 6.49. The molecular weight excluding hydrogens is 338 g/mol. The van der Waals surface area contributed by atoms with Crippen molar-refractivity contribution in [3.8, 4) is 0 Å². The number of thioether (sulfide) groups is 1. The van der Waals surface area contributed by atoms with Gasteiger partial charge in [0.05, 0.1) is 5.75 Å². The van der Waals surface area contributed by atoms with E-state index in [4.69, 9.17) is 4.52 Å². The second-order valence-corrected chi connectivity index (χ2v) is 6.78. The lowest BCUT2D eigenvalue weighted by Crippen LogP contribution is -2.26. The van der Waals surface area contributed by atoms with Crippen LogP contribution in [0.3, 0.4) is 0 Å². The highest BCUT2D eigenvalue weighted by Crippen LogP contribution is 2.26. The van der Waals surface area contributed by atoms with Crippen LogP contribution in [-0.2, 0) is 5.75 Å². The molecule has 4 nitrogen and oxygen atoms in total. The van der Waals surface area contributed by atoms with Crippen molar-refractivity contribution in [2.45, 2.75) is 29.4 Å². The first-order valence-electron chi connectivity index (χ1n) is 6.73. The molecule has 0 unspecified atom stereocenters. The summed E-state index contributed by atoms with van der Waals surface area (Å²) in [6.07, 6.45) is 2.17. The van der Waals surface area contributed by atoms with E-state index in [0.717, 1.165) is 47.9 Å². The molecule has 2 heterocycles. The summed E-state index contributed by atoms with van der Waals surface area (Å²) in [5.74, 6) is 2.76. The van der Waals surface area contributed by atoms with Gasteiger partial charge in [0.1, 0.15) is 0 Å². The Morgan fingerprint density at radius 2 is 2.00 bits per heavy atom. The Hall–Kier alpha value is -0.850. The van der Waals surface area contributed by atoms with Crippen molar-refractivity contribution in [2.75, 3.05) is 13.1 Å². The van der Waals surface area contributed by atoms with Crippen molar-refractivity contribution in [2.24, 2.45) is 0 Å². The second-order valence-electron chi connectivity index (χ2n) is 4.82. The molecule has 1 saturated heterocycles. The fourth-order valence-electron chi connectivity index (χ4n) is 2.24. The maximum Gasteiger partial charge on any atom is 0.229 e. The van der Waals surface area contributed by atoms with Gasteiger partial charge in [-0.05, 0) is 50.2 Å². The second kappa shape index (κ2) is 6.74. The third-order valence-electron chi connectivity index (χ3n) is 3.35. The van der Waals surface area contributed by atoms with E-state index >= 15 is 0 Å². The number of hydrogen-bond donors (Lipinski definition) is 1. The zero-order chi connectivity index (χ0) is 13.8. The monoisotopic (exact) mass is 353 g/mol. The van der Waals surface area contributed by atoms with Gasteiger partial charge in [-0.3, -0.25) is 0 Å². The highest BCUT2D eigenvalue weighted by atomic mass is 79.9. The van der Waals surface area contributed by atoms with Crippen molar-refractivity contribution in [1.82, 2.24) is 15.5 Å². The standard InChI is InChI=1S/C14H16BrN3OS/c15-11-1-3-12(4-2-11)20-9-13-17-14(19-18-13)10-5-7-16-8-6-10/h1-4,10,16H,5-9H2. The summed E-state index contributed by atoms with van der Waals surface area (Å²) in [7, 11) is 0. The van der Waals surface area contributed by atoms with Crippen molar-refractivity contribution < 1.29 is 4.52 Å². The molecule has 0 aliphatic carbocycles. The van der Waals surface area contributed by atoms with Crippen LogP contribution in [-0.4, -0.2) is 23.2 Å². The van der Waals surface area contributed by atoms with Crippen LogP contribution in [0.1, 0.15) is 30.5 Å². The minimum absolute atomic E-state index is 0.426. The molecule has 0 atom stereocenters. The molecule has 1 fully saturated rings. The normalized spacial score (nSPS) is 16.4. The number of aromatic nitrogens is 2. The van der Waals surface area contributed by atoms with Gasteiger partial charge in [0.2, 0.25) is 5.89 Å². The van der Waals surface area contributed by atoms with Gasteiger partial charge < -0.3 is 9.84 Å².